The number of aliphatic hydroxyl groups is 1. The second kappa shape index (κ2) is 14.7. The maximum Gasteiger partial charge on any atom is 0.147 e. The number of hydrogen-bond donors (Lipinski definition) is 1. The topological polar surface area (TPSA) is 57.2 Å². The van der Waals surface area contributed by atoms with Crippen LogP contribution in [0.15, 0.2) is 91.0 Å². The van der Waals surface area contributed by atoms with Crippen molar-refractivity contribution in [2.24, 2.45) is 0 Å². The Hall–Kier alpha value is -2.98. The molecule has 0 radical (unpaired) electrons. The summed E-state index contributed by atoms with van der Waals surface area (Å²) in [6.07, 6.45) is -1.60. The minimum Gasteiger partial charge on any atom is -0.387 e. The number of rotatable bonds is 11. The van der Waals surface area contributed by atoms with Crippen molar-refractivity contribution >= 4 is 0 Å². The third-order valence-electron chi connectivity index (χ3n) is 6.24. The highest BCUT2D eigenvalue weighted by atomic mass is 16.6. The molecule has 194 valence electrons. The van der Waals surface area contributed by atoms with Crippen LogP contribution in [0, 0.1) is 11.8 Å². The summed E-state index contributed by atoms with van der Waals surface area (Å²) in [4.78, 5) is 0. The zero-order chi connectivity index (χ0) is 25.7. The van der Waals surface area contributed by atoms with Gasteiger partial charge in [0.1, 0.15) is 30.5 Å². The van der Waals surface area contributed by atoms with Gasteiger partial charge in [-0.25, -0.2) is 0 Å². The fourth-order valence-corrected chi connectivity index (χ4v) is 4.27. The summed E-state index contributed by atoms with van der Waals surface area (Å²) in [6, 6.07) is 29.9. The zero-order valence-electron chi connectivity index (χ0n) is 21.4. The third kappa shape index (κ3) is 8.26. The molecule has 5 nitrogen and oxygen atoms in total. The van der Waals surface area contributed by atoms with Crippen LogP contribution in [0.1, 0.15) is 36.5 Å². The highest BCUT2D eigenvalue weighted by Gasteiger charge is 2.46. The van der Waals surface area contributed by atoms with Crippen LogP contribution in [0.3, 0.4) is 0 Å². The normalized spacial score (nSPS) is 23.2. The van der Waals surface area contributed by atoms with E-state index >= 15 is 0 Å². The van der Waals surface area contributed by atoms with Crippen LogP contribution in [0.2, 0.25) is 0 Å². The Kier molecular flexibility index (Phi) is 10.7. The number of aliphatic hydroxyl groups excluding tert-OH is 1. The lowest BCUT2D eigenvalue weighted by molar-refractivity contribution is -0.249. The summed E-state index contributed by atoms with van der Waals surface area (Å²) in [5.74, 6) is 6.25. The highest BCUT2D eigenvalue weighted by Crippen LogP contribution is 2.28. The number of unbranched alkanes of at least 4 members (excludes halogenated alkanes) is 1. The predicted molar refractivity (Wildman–Crippen MR) is 143 cm³/mol. The van der Waals surface area contributed by atoms with Crippen molar-refractivity contribution in [3.8, 4) is 11.8 Å². The molecule has 0 aliphatic carbocycles. The van der Waals surface area contributed by atoms with Crippen molar-refractivity contribution in [1.82, 2.24) is 0 Å². The van der Waals surface area contributed by atoms with Crippen LogP contribution in [0.4, 0.5) is 0 Å². The Morgan fingerprint density at radius 3 is 1.78 bits per heavy atom. The standard InChI is InChI=1S/C32H36O5/c1-2-3-7-20-28-30(33)32(36-23-27-18-12-6-13-19-27)31(35-22-26-16-10-5-11-17-26)29(37-28)24-34-21-25-14-8-4-9-15-25/h4-6,8-19,28-33H,2-3,21-24H2,1H3/t28-,29-,30+,31-,32-/m1/s1. The van der Waals surface area contributed by atoms with Gasteiger partial charge >= 0.3 is 0 Å². The molecule has 1 heterocycles. The molecule has 1 saturated heterocycles. The van der Waals surface area contributed by atoms with Gasteiger partial charge in [-0.15, -0.1) is 5.92 Å². The van der Waals surface area contributed by atoms with E-state index in [1.807, 2.05) is 91.0 Å². The van der Waals surface area contributed by atoms with Gasteiger partial charge in [-0.2, -0.15) is 0 Å². The molecule has 0 amide bonds. The largest absolute Gasteiger partial charge is 0.387 e. The Morgan fingerprint density at radius 2 is 1.24 bits per heavy atom. The highest BCUT2D eigenvalue weighted by molar-refractivity contribution is 5.17. The summed E-state index contributed by atoms with van der Waals surface area (Å²) in [5.41, 5.74) is 3.14. The van der Waals surface area contributed by atoms with Crippen molar-refractivity contribution in [2.45, 2.75) is 70.1 Å². The lowest BCUT2D eigenvalue weighted by atomic mass is 9.94. The summed E-state index contributed by atoms with van der Waals surface area (Å²) in [6.45, 7) is 3.54. The minimum absolute atomic E-state index is 0.290. The lowest BCUT2D eigenvalue weighted by Crippen LogP contribution is -2.60. The Balaban J connectivity index is 1.53. The maximum absolute atomic E-state index is 11.3. The van der Waals surface area contributed by atoms with Crippen LogP contribution >= 0.6 is 0 Å². The van der Waals surface area contributed by atoms with Gasteiger partial charge in [0.15, 0.2) is 0 Å². The summed E-state index contributed by atoms with van der Waals surface area (Å²) < 4.78 is 25.1. The van der Waals surface area contributed by atoms with Crippen LogP contribution < -0.4 is 0 Å². The molecular weight excluding hydrogens is 464 g/mol. The fourth-order valence-electron chi connectivity index (χ4n) is 4.27. The molecule has 3 aromatic carbocycles. The third-order valence-corrected chi connectivity index (χ3v) is 6.24. The lowest BCUT2D eigenvalue weighted by Gasteiger charge is -2.43. The molecule has 0 aromatic heterocycles. The molecule has 0 spiro atoms. The molecule has 1 N–H and O–H groups in total. The molecule has 0 bridgehead atoms. The smallest absolute Gasteiger partial charge is 0.147 e. The van der Waals surface area contributed by atoms with Crippen molar-refractivity contribution in [2.75, 3.05) is 6.61 Å². The van der Waals surface area contributed by atoms with Crippen LogP contribution in [-0.2, 0) is 38.8 Å². The van der Waals surface area contributed by atoms with Crippen molar-refractivity contribution in [3.05, 3.63) is 108 Å². The molecule has 1 fully saturated rings. The molecule has 1 aliphatic rings. The van der Waals surface area contributed by atoms with E-state index in [4.69, 9.17) is 18.9 Å². The summed E-state index contributed by atoms with van der Waals surface area (Å²) in [5, 5.41) is 11.3. The van der Waals surface area contributed by atoms with E-state index in [-0.39, 0.29) is 6.61 Å². The molecule has 4 rings (SSSR count). The van der Waals surface area contributed by atoms with E-state index in [0.717, 1.165) is 29.5 Å². The van der Waals surface area contributed by atoms with Crippen LogP contribution in [-0.4, -0.2) is 42.2 Å². The number of benzene rings is 3. The zero-order valence-corrected chi connectivity index (χ0v) is 21.4. The van der Waals surface area contributed by atoms with Gasteiger partial charge in [-0.3, -0.25) is 0 Å². The van der Waals surface area contributed by atoms with Gasteiger partial charge in [-0.1, -0.05) is 104 Å². The average Bonchev–Trinajstić information content (AvgIpc) is 2.94. The van der Waals surface area contributed by atoms with Crippen molar-refractivity contribution in [1.29, 1.82) is 0 Å². The second-order valence-electron chi connectivity index (χ2n) is 9.18. The monoisotopic (exact) mass is 500 g/mol. The molecule has 5 atom stereocenters. The molecule has 1 aliphatic heterocycles. The van der Waals surface area contributed by atoms with E-state index in [1.165, 1.54) is 0 Å². The van der Waals surface area contributed by atoms with E-state index in [2.05, 4.69) is 18.8 Å². The quantitative estimate of drug-likeness (QED) is 0.362. The first kappa shape index (κ1) is 27.1. The Bertz CT molecular complexity index is 1090. The minimum atomic E-state index is -0.959. The van der Waals surface area contributed by atoms with E-state index < -0.39 is 30.5 Å². The maximum atomic E-state index is 11.3. The van der Waals surface area contributed by atoms with Crippen molar-refractivity contribution < 1.29 is 24.1 Å². The molecule has 3 aromatic rings. The van der Waals surface area contributed by atoms with E-state index in [0.29, 0.717) is 19.8 Å². The number of hydrogen-bond acceptors (Lipinski definition) is 5. The van der Waals surface area contributed by atoms with Crippen molar-refractivity contribution in [3.63, 3.8) is 0 Å². The summed E-state index contributed by atoms with van der Waals surface area (Å²) in [7, 11) is 0. The molecule has 0 unspecified atom stereocenters. The first-order valence-electron chi connectivity index (χ1n) is 13.0. The first-order valence-corrected chi connectivity index (χ1v) is 13.0. The van der Waals surface area contributed by atoms with Gasteiger partial charge in [-0.05, 0) is 23.1 Å². The van der Waals surface area contributed by atoms with Crippen LogP contribution in [0.25, 0.3) is 0 Å². The van der Waals surface area contributed by atoms with E-state index in [9.17, 15) is 5.11 Å². The van der Waals surface area contributed by atoms with Gasteiger partial charge in [0.25, 0.3) is 0 Å². The SMILES string of the molecule is CCCC#C[C@H]1O[C@H](COCc2ccccc2)[C@@H](OCc2ccccc2)[C@H](OCc2ccccc2)[C@H]1O. The Labute approximate surface area is 220 Å². The first-order chi connectivity index (χ1) is 18.2. The predicted octanol–water partition coefficient (Wildman–Crippen LogP) is 5.31. The summed E-state index contributed by atoms with van der Waals surface area (Å²) >= 11 is 0. The number of ether oxygens (including phenoxy) is 4. The molecular formula is C32H36O5. The Morgan fingerprint density at radius 1 is 0.730 bits per heavy atom. The van der Waals surface area contributed by atoms with Gasteiger partial charge < -0.3 is 24.1 Å². The van der Waals surface area contributed by atoms with Gasteiger partial charge in [0.2, 0.25) is 0 Å². The molecule has 0 saturated carbocycles. The van der Waals surface area contributed by atoms with Gasteiger partial charge in [0.05, 0.1) is 26.4 Å². The fraction of sp³-hybridized carbons (Fsp3) is 0.375. The second-order valence-corrected chi connectivity index (χ2v) is 9.18. The molecule has 37 heavy (non-hydrogen) atoms. The van der Waals surface area contributed by atoms with Crippen LogP contribution in [0.5, 0.6) is 0 Å². The van der Waals surface area contributed by atoms with Gasteiger partial charge in [0, 0.05) is 6.42 Å². The molecule has 5 heteroatoms. The van der Waals surface area contributed by atoms with E-state index in [1.54, 1.807) is 0 Å². The average molecular weight is 501 g/mol.